The predicted molar refractivity (Wildman–Crippen MR) is 47.1 cm³/mol. The second-order valence-electron chi connectivity index (χ2n) is 3.49. The SMILES string of the molecule is CN(C)/C=C(/CC1CC1=O)C(=O)O. The fourth-order valence-electron chi connectivity index (χ4n) is 1.14. The molecule has 0 amide bonds. The van der Waals surface area contributed by atoms with Crippen LogP contribution in [0.3, 0.4) is 0 Å². The Morgan fingerprint density at radius 3 is 2.54 bits per heavy atom. The standard InChI is InChI=1S/C9H13NO3/c1-10(2)5-7(9(12)13)3-6-4-8(6)11/h5-6H,3-4H2,1-2H3,(H,12,13)/b7-5-. The van der Waals surface area contributed by atoms with E-state index in [1.54, 1.807) is 25.2 Å². The van der Waals surface area contributed by atoms with Crippen LogP contribution in [0.15, 0.2) is 11.8 Å². The Morgan fingerprint density at radius 1 is 1.69 bits per heavy atom. The van der Waals surface area contributed by atoms with Crippen LogP contribution >= 0.6 is 0 Å². The number of Topliss-reactive ketones (excluding diaryl/α,β-unsaturated/α-hetero) is 1. The Labute approximate surface area is 76.8 Å². The summed E-state index contributed by atoms with van der Waals surface area (Å²) < 4.78 is 0. The van der Waals surface area contributed by atoms with Crippen LogP contribution < -0.4 is 0 Å². The maximum atomic E-state index is 10.7. The summed E-state index contributed by atoms with van der Waals surface area (Å²) in [4.78, 5) is 23.1. The van der Waals surface area contributed by atoms with Crippen LogP contribution in [0.2, 0.25) is 0 Å². The predicted octanol–water partition coefficient (Wildman–Crippen LogP) is 0.496. The number of ketones is 1. The third kappa shape index (κ3) is 2.89. The first-order chi connectivity index (χ1) is 6.00. The highest BCUT2D eigenvalue weighted by Crippen LogP contribution is 2.30. The van der Waals surface area contributed by atoms with Crippen LogP contribution in [0.1, 0.15) is 12.8 Å². The van der Waals surface area contributed by atoms with Gasteiger partial charge in [-0.2, -0.15) is 0 Å². The molecule has 1 N–H and O–H groups in total. The van der Waals surface area contributed by atoms with Crippen LogP contribution in [0.4, 0.5) is 0 Å². The average Bonchev–Trinajstić information content (AvgIpc) is 2.64. The molecule has 0 spiro atoms. The van der Waals surface area contributed by atoms with Crippen molar-refractivity contribution in [3.8, 4) is 0 Å². The molecule has 0 bridgehead atoms. The Bertz CT molecular complexity index is 268. The maximum absolute atomic E-state index is 10.7. The van der Waals surface area contributed by atoms with E-state index in [1.165, 1.54) is 0 Å². The zero-order chi connectivity index (χ0) is 10.0. The first-order valence-corrected chi connectivity index (χ1v) is 4.14. The highest BCUT2D eigenvalue weighted by atomic mass is 16.4. The van der Waals surface area contributed by atoms with E-state index in [-0.39, 0.29) is 11.7 Å². The summed E-state index contributed by atoms with van der Waals surface area (Å²) in [7, 11) is 3.52. The molecule has 4 nitrogen and oxygen atoms in total. The number of carbonyl (C=O) groups excluding carboxylic acids is 1. The van der Waals surface area contributed by atoms with Crippen LogP contribution in [-0.2, 0) is 9.59 Å². The Morgan fingerprint density at radius 2 is 2.23 bits per heavy atom. The molecule has 0 aliphatic heterocycles. The van der Waals surface area contributed by atoms with E-state index in [1.807, 2.05) is 0 Å². The average molecular weight is 183 g/mol. The van der Waals surface area contributed by atoms with Gasteiger partial charge in [0, 0.05) is 32.6 Å². The number of carbonyl (C=O) groups is 2. The summed E-state index contributed by atoms with van der Waals surface area (Å²) in [5.74, 6) is -0.804. The van der Waals surface area contributed by atoms with Crippen molar-refractivity contribution >= 4 is 11.8 Å². The molecule has 0 aromatic heterocycles. The minimum atomic E-state index is -0.937. The molecule has 0 aromatic carbocycles. The third-order valence-corrected chi connectivity index (χ3v) is 1.90. The van der Waals surface area contributed by atoms with Gasteiger partial charge in [-0.15, -0.1) is 0 Å². The first kappa shape index (κ1) is 9.77. The lowest BCUT2D eigenvalue weighted by atomic mass is 10.1. The van der Waals surface area contributed by atoms with Crippen molar-refractivity contribution in [1.29, 1.82) is 0 Å². The van der Waals surface area contributed by atoms with Gasteiger partial charge in [0.15, 0.2) is 0 Å². The van der Waals surface area contributed by atoms with Gasteiger partial charge in [-0.05, 0) is 6.42 Å². The summed E-state index contributed by atoms with van der Waals surface area (Å²) in [5, 5.41) is 8.78. The van der Waals surface area contributed by atoms with Gasteiger partial charge >= 0.3 is 5.97 Å². The number of hydrogen-bond donors (Lipinski definition) is 1. The quantitative estimate of drug-likeness (QED) is 0.644. The van der Waals surface area contributed by atoms with Crippen LogP contribution in [0.25, 0.3) is 0 Å². The summed E-state index contributed by atoms with van der Waals surface area (Å²) >= 11 is 0. The number of rotatable bonds is 4. The molecule has 1 unspecified atom stereocenters. The molecule has 13 heavy (non-hydrogen) atoms. The molecule has 0 heterocycles. The lowest BCUT2D eigenvalue weighted by Crippen LogP contribution is -2.09. The smallest absolute Gasteiger partial charge is 0.333 e. The van der Waals surface area contributed by atoms with Crippen molar-refractivity contribution in [3.63, 3.8) is 0 Å². The third-order valence-electron chi connectivity index (χ3n) is 1.90. The maximum Gasteiger partial charge on any atom is 0.333 e. The van der Waals surface area contributed by atoms with Gasteiger partial charge in [-0.25, -0.2) is 4.79 Å². The van der Waals surface area contributed by atoms with Gasteiger partial charge in [-0.1, -0.05) is 0 Å². The minimum absolute atomic E-state index is 0.0395. The first-order valence-electron chi connectivity index (χ1n) is 4.14. The van der Waals surface area contributed by atoms with Crippen molar-refractivity contribution in [2.75, 3.05) is 14.1 Å². The second-order valence-corrected chi connectivity index (χ2v) is 3.49. The highest BCUT2D eigenvalue weighted by Gasteiger charge is 2.36. The van der Waals surface area contributed by atoms with Crippen molar-refractivity contribution in [2.24, 2.45) is 5.92 Å². The molecular formula is C9H13NO3. The van der Waals surface area contributed by atoms with Crippen LogP contribution in [-0.4, -0.2) is 35.9 Å². The lowest BCUT2D eigenvalue weighted by Gasteiger charge is -2.07. The van der Waals surface area contributed by atoms with Crippen molar-refractivity contribution < 1.29 is 14.7 Å². The van der Waals surface area contributed by atoms with E-state index in [4.69, 9.17) is 5.11 Å². The summed E-state index contributed by atoms with van der Waals surface area (Å²) in [6.07, 6.45) is 2.46. The van der Waals surface area contributed by atoms with Gasteiger partial charge in [0.05, 0.1) is 5.57 Å². The van der Waals surface area contributed by atoms with Gasteiger partial charge in [0.1, 0.15) is 5.78 Å². The molecule has 1 aliphatic rings. The van der Waals surface area contributed by atoms with Crippen LogP contribution in [0, 0.1) is 5.92 Å². The van der Waals surface area contributed by atoms with E-state index in [0.29, 0.717) is 18.4 Å². The molecule has 1 saturated carbocycles. The fraction of sp³-hybridized carbons (Fsp3) is 0.556. The number of nitrogens with zero attached hydrogens (tertiary/aromatic N) is 1. The molecule has 1 fully saturated rings. The van der Waals surface area contributed by atoms with E-state index >= 15 is 0 Å². The molecule has 1 atom stereocenters. The topological polar surface area (TPSA) is 57.6 Å². The number of carboxylic acids is 1. The zero-order valence-electron chi connectivity index (χ0n) is 7.78. The van der Waals surface area contributed by atoms with E-state index in [9.17, 15) is 9.59 Å². The van der Waals surface area contributed by atoms with Crippen LogP contribution in [0.5, 0.6) is 0 Å². The Hall–Kier alpha value is -1.32. The van der Waals surface area contributed by atoms with E-state index in [2.05, 4.69) is 0 Å². The Kier molecular flexibility index (Phi) is 2.70. The summed E-state index contributed by atoms with van der Waals surface area (Å²) in [6.45, 7) is 0. The van der Waals surface area contributed by atoms with E-state index in [0.717, 1.165) is 0 Å². The van der Waals surface area contributed by atoms with Crippen molar-refractivity contribution in [3.05, 3.63) is 11.8 Å². The minimum Gasteiger partial charge on any atom is -0.478 e. The molecule has 0 radical (unpaired) electrons. The van der Waals surface area contributed by atoms with Gasteiger partial charge < -0.3 is 10.0 Å². The summed E-state index contributed by atoms with van der Waals surface area (Å²) in [6, 6.07) is 0. The molecule has 0 aromatic rings. The molecule has 1 aliphatic carbocycles. The number of hydrogen-bond acceptors (Lipinski definition) is 3. The van der Waals surface area contributed by atoms with Crippen molar-refractivity contribution in [2.45, 2.75) is 12.8 Å². The molecular weight excluding hydrogens is 170 g/mol. The van der Waals surface area contributed by atoms with Gasteiger partial charge in [0.2, 0.25) is 0 Å². The Balaban J connectivity index is 2.57. The number of aliphatic carboxylic acids is 1. The molecule has 0 saturated heterocycles. The van der Waals surface area contributed by atoms with E-state index < -0.39 is 5.97 Å². The highest BCUT2D eigenvalue weighted by molar-refractivity contribution is 5.98. The second kappa shape index (κ2) is 3.60. The number of carboxylic acid groups (broad SMARTS) is 1. The van der Waals surface area contributed by atoms with Gasteiger partial charge in [-0.3, -0.25) is 4.79 Å². The molecule has 1 rings (SSSR count). The molecule has 72 valence electrons. The zero-order valence-corrected chi connectivity index (χ0v) is 7.78. The normalized spacial score (nSPS) is 21.5. The monoisotopic (exact) mass is 183 g/mol. The van der Waals surface area contributed by atoms with Crippen molar-refractivity contribution in [1.82, 2.24) is 4.90 Å². The molecule has 4 heteroatoms. The summed E-state index contributed by atoms with van der Waals surface area (Å²) in [5.41, 5.74) is 0.306. The fourth-order valence-corrected chi connectivity index (χ4v) is 1.14. The van der Waals surface area contributed by atoms with Gasteiger partial charge in [0.25, 0.3) is 0 Å². The lowest BCUT2D eigenvalue weighted by molar-refractivity contribution is -0.132. The largest absolute Gasteiger partial charge is 0.478 e.